The third kappa shape index (κ3) is 3.32. The Kier molecular flexibility index (Phi) is 4.20. The van der Waals surface area contributed by atoms with Crippen LogP contribution in [0.25, 0.3) is 0 Å². The molecule has 19 heavy (non-hydrogen) atoms. The molecule has 0 aliphatic rings. The molecule has 2 rings (SSSR count). The third-order valence-corrected chi connectivity index (χ3v) is 3.24. The zero-order valence-electron chi connectivity index (χ0n) is 9.58. The van der Waals surface area contributed by atoms with Crippen molar-refractivity contribution >= 4 is 52.1 Å². The zero-order chi connectivity index (χ0) is 14.0. The number of nitrogens with one attached hydrogen (secondary N) is 1. The summed E-state index contributed by atoms with van der Waals surface area (Å²) in [4.78, 5) is 12.1. The van der Waals surface area contributed by atoms with Gasteiger partial charge in [-0.2, -0.15) is 0 Å². The molecule has 2 aromatic carbocycles. The summed E-state index contributed by atoms with van der Waals surface area (Å²) in [5.74, 6) is -0.399. The van der Waals surface area contributed by atoms with Crippen LogP contribution < -0.4 is 11.1 Å². The van der Waals surface area contributed by atoms with E-state index in [1.807, 2.05) is 0 Å². The van der Waals surface area contributed by atoms with Crippen molar-refractivity contribution < 1.29 is 4.79 Å². The fourth-order valence-electron chi connectivity index (χ4n) is 1.51. The topological polar surface area (TPSA) is 55.1 Å². The summed E-state index contributed by atoms with van der Waals surface area (Å²) in [6, 6.07) is 9.46. The molecule has 0 bridgehead atoms. The second-order valence-electron chi connectivity index (χ2n) is 3.81. The molecule has 1 amide bonds. The lowest BCUT2D eigenvalue weighted by molar-refractivity contribution is 0.102. The van der Waals surface area contributed by atoms with Crippen LogP contribution in [0, 0.1) is 0 Å². The van der Waals surface area contributed by atoms with Crippen molar-refractivity contribution in [3.05, 3.63) is 57.0 Å². The number of nitrogen functional groups attached to an aromatic ring is 1. The molecular formula is C13H9Cl3N2O. The van der Waals surface area contributed by atoms with Gasteiger partial charge in [-0.25, -0.2) is 0 Å². The number of hydrogen-bond donors (Lipinski definition) is 2. The number of halogens is 3. The number of amides is 1. The van der Waals surface area contributed by atoms with E-state index in [0.717, 1.165) is 0 Å². The summed E-state index contributed by atoms with van der Waals surface area (Å²) in [6.45, 7) is 0. The summed E-state index contributed by atoms with van der Waals surface area (Å²) < 4.78 is 0. The first-order valence-corrected chi connectivity index (χ1v) is 6.42. The molecule has 0 saturated heterocycles. The van der Waals surface area contributed by atoms with Crippen molar-refractivity contribution in [2.75, 3.05) is 11.1 Å². The lowest BCUT2D eigenvalue weighted by Gasteiger charge is -2.09. The first-order chi connectivity index (χ1) is 8.97. The number of rotatable bonds is 2. The van der Waals surface area contributed by atoms with Crippen molar-refractivity contribution in [2.24, 2.45) is 0 Å². The molecule has 0 heterocycles. The van der Waals surface area contributed by atoms with Gasteiger partial charge in [0.05, 0.1) is 16.3 Å². The largest absolute Gasteiger partial charge is 0.398 e. The number of anilines is 2. The van der Waals surface area contributed by atoms with Gasteiger partial charge in [-0.1, -0.05) is 34.8 Å². The Morgan fingerprint density at radius 1 is 1.00 bits per heavy atom. The molecular weight excluding hydrogens is 307 g/mol. The average molecular weight is 316 g/mol. The molecule has 0 atom stereocenters. The molecule has 0 saturated carbocycles. The van der Waals surface area contributed by atoms with Gasteiger partial charge in [0.15, 0.2) is 0 Å². The van der Waals surface area contributed by atoms with E-state index in [0.29, 0.717) is 26.4 Å². The van der Waals surface area contributed by atoms with Crippen LogP contribution in [-0.2, 0) is 0 Å². The van der Waals surface area contributed by atoms with Crippen molar-refractivity contribution in [1.82, 2.24) is 0 Å². The van der Waals surface area contributed by atoms with Gasteiger partial charge < -0.3 is 11.1 Å². The van der Waals surface area contributed by atoms with Crippen LogP contribution in [0.1, 0.15) is 10.4 Å². The van der Waals surface area contributed by atoms with Gasteiger partial charge >= 0.3 is 0 Å². The van der Waals surface area contributed by atoms with Crippen molar-refractivity contribution in [1.29, 1.82) is 0 Å². The lowest BCUT2D eigenvalue weighted by Crippen LogP contribution is -2.14. The third-order valence-electron chi connectivity index (χ3n) is 2.44. The van der Waals surface area contributed by atoms with Crippen LogP contribution >= 0.6 is 34.8 Å². The average Bonchev–Trinajstić information content (AvgIpc) is 2.36. The van der Waals surface area contributed by atoms with E-state index in [-0.39, 0.29) is 5.56 Å². The maximum Gasteiger partial charge on any atom is 0.257 e. The van der Waals surface area contributed by atoms with Crippen LogP contribution in [0.4, 0.5) is 11.4 Å². The summed E-state index contributed by atoms with van der Waals surface area (Å²) in [7, 11) is 0. The summed E-state index contributed by atoms with van der Waals surface area (Å²) in [5.41, 5.74) is 6.76. The molecule has 3 nitrogen and oxygen atoms in total. The summed E-state index contributed by atoms with van der Waals surface area (Å²) >= 11 is 17.7. The Morgan fingerprint density at radius 3 is 2.37 bits per heavy atom. The molecule has 0 radical (unpaired) electrons. The molecule has 0 spiro atoms. The minimum Gasteiger partial charge on any atom is -0.398 e. The van der Waals surface area contributed by atoms with E-state index in [9.17, 15) is 4.79 Å². The molecule has 0 aliphatic heterocycles. The fourth-order valence-corrected chi connectivity index (χ4v) is 2.02. The van der Waals surface area contributed by atoms with Crippen LogP contribution in [0.5, 0.6) is 0 Å². The molecule has 6 heteroatoms. The Morgan fingerprint density at radius 2 is 1.63 bits per heavy atom. The fraction of sp³-hybridized carbons (Fsp3) is 0. The van der Waals surface area contributed by atoms with Gasteiger partial charge in [0, 0.05) is 15.7 Å². The zero-order valence-corrected chi connectivity index (χ0v) is 11.9. The van der Waals surface area contributed by atoms with Gasteiger partial charge in [0.25, 0.3) is 5.91 Å². The molecule has 0 aliphatic carbocycles. The predicted octanol–water partition coefficient (Wildman–Crippen LogP) is 4.48. The van der Waals surface area contributed by atoms with Crippen molar-refractivity contribution in [3.63, 3.8) is 0 Å². The number of nitrogens with two attached hydrogens (primary N) is 1. The highest BCUT2D eigenvalue weighted by Crippen LogP contribution is 2.27. The van der Waals surface area contributed by atoms with Crippen molar-refractivity contribution in [3.8, 4) is 0 Å². The maximum absolute atomic E-state index is 12.1. The first-order valence-electron chi connectivity index (χ1n) is 5.29. The monoisotopic (exact) mass is 314 g/mol. The Labute approximate surface area is 125 Å². The number of hydrogen-bond acceptors (Lipinski definition) is 2. The normalized spacial score (nSPS) is 10.3. The smallest absolute Gasteiger partial charge is 0.257 e. The molecule has 98 valence electrons. The highest BCUT2D eigenvalue weighted by atomic mass is 35.5. The molecule has 0 fully saturated rings. The van der Waals surface area contributed by atoms with E-state index in [1.54, 1.807) is 30.3 Å². The van der Waals surface area contributed by atoms with Gasteiger partial charge in [-0.3, -0.25) is 4.79 Å². The Hall–Kier alpha value is -1.42. The molecule has 2 aromatic rings. The van der Waals surface area contributed by atoms with E-state index in [4.69, 9.17) is 40.5 Å². The van der Waals surface area contributed by atoms with Crippen LogP contribution in [0.15, 0.2) is 36.4 Å². The van der Waals surface area contributed by atoms with Gasteiger partial charge in [-0.05, 0) is 36.4 Å². The molecule has 0 aromatic heterocycles. The molecule has 3 N–H and O–H groups in total. The second kappa shape index (κ2) is 5.70. The predicted molar refractivity (Wildman–Crippen MR) is 80.3 cm³/mol. The first kappa shape index (κ1) is 14.0. The number of benzene rings is 2. The number of carbonyl (C=O) groups excluding carboxylic acids is 1. The quantitative estimate of drug-likeness (QED) is 0.803. The van der Waals surface area contributed by atoms with Crippen LogP contribution in [-0.4, -0.2) is 5.91 Å². The Bertz CT molecular complexity index is 644. The summed E-state index contributed by atoms with van der Waals surface area (Å²) in [6.07, 6.45) is 0. The van der Waals surface area contributed by atoms with Crippen LogP contribution in [0.3, 0.4) is 0 Å². The minimum atomic E-state index is -0.399. The highest BCUT2D eigenvalue weighted by Gasteiger charge is 2.12. The van der Waals surface area contributed by atoms with E-state index < -0.39 is 5.91 Å². The lowest BCUT2D eigenvalue weighted by atomic mass is 10.1. The second-order valence-corrected chi connectivity index (χ2v) is 5.09. The SMILES string of the molecule is Nc1ccc(Cl)cc1C(=O)Nc1cc(Cl)ccc1Cl. The van der Waals surface area contributed by atoms with Gasteiger partial charge in [0.2, 0.25) is 0 Å². The minimum absolute atomic E-state index is 0.281. The van der Waals surface area contributed by atoms with Gasteiger partial charge in [-0.15, -0.1) is 0 Å². The van der Waals surface area contributed by atoms with E-state index in [2.05, 4.69) is 5.32 Å². The highest BCUT2D eigenvalue weighted by molar-refractivity contribution is 6.36. The molecule has 0 unspecified atom stereocenters. The standard InChI is InChI=1S/C13H9Cl3N2O/c14-7-2-4-11(17)9(5-7)13(19)18-12-6-8(15)1-3-10(12)16/h1-6H,17H2,(H,18,19). The van der Waals surface area contributed by atoms with E-state index in [1.165, 1.54) is 6.07 Å². The van der Waals surface area contributed by atoms with Gasteiger partial charge in [0.1, 0.15) is 0 Å². The number of carbonyl (C=O) groups is 1. The van der Waals surface area contributed by atoms with E-state index >= 15 is 0 Å². The Balaban J connectivity index is 2.30. The van der Waals surface area contributed by atoms with Crippen molar-refractivity contribution in [2.45, 2.75) is 0 Å². The maximum atomic E-state index is 12.1. The summed E-state index contributed by atoms with van der Waals surface area (Å²) in [5, 5.41) is 3.93. The van der Waals surface area contributed by atoms with Crippen LogP contribution in [0.2, 0.25) is 15.1 Å².